The molecule has 2 nitrogen and oxygen atoms in total. The first-order valence-electron chi connectivity index (χ1n) is 5.59. The van der Waals surface area contributed by atoms with Gasteiger partial charge >= 0.3 is 0 Å². The Morgan fingerprint density at radius 2 is 1.69 bits per heavy atom. The minimum Gasteiger partial charge on any atom is -0.258 e. The van der Waals surface area contributed by atoms with Crippen LogP contribution in [0.3, 0.4) is 0 Å². The number of hydrazine groups is 1. The highest BCUT2D eigenvalue weighted by Gasteiger charge is 2.24. The molecule has 2 N–H and O–H groups in total. The third kappa shape index (κ3) is 5.27. The van der Waals surface area contributed by atoms with Crippen LogP contribution in [0.4, 0.5) is 0 Å². The van der Waals surface area contributed by atoms with Gasteiger partial charge in [0, 0.05) is 12.6 Å². The van der Waals surface area contributed by atoms with Crippen LogP contribution in [0, 0.1) is 5.41 Å². The van der Waals surface area contributed by atoms with Gasteiger partial charge in [-0.15, -0.1) is 0 Å². The van der Waals surface area contributed by atoms with Crippen LogP contribution in [-0.4, -0.2) is 12.6 Å². The van der Waals surface area contributed by atoms with E-state index in [-0.39, 0.29) is 0 Å². The molecule has 0 aliphatic carbocycles. The average Bonchev–Trinajstić information content (AvgIpc) is 2.34. The van der Waals surface area contributed by atoms with Crippen LogP contribution < -0.4 is 10.9 Å². The molecular formula is C11H26N2. The highest BCUT2D eigenvalue weighted by atomic mass is 15.4. The van der Waals surface area contributed by atoms with E-state index < -0.39 is 0 Å². The van der Waals surface area contributed by atoms with Crippen molar-refractivity contribution < 1.29 is 0 Å². The minimum absolute atomic E-state index is 0.386. The van der Waals surface area contributed by atoms with Crippen LogP contribution in [0.2, 0.25) is 0 Å². The molecule has 0 saturated carbocycles. The Morgan fingerprint density at radius 3 is 2.23 bits per heavy atom. The highest BCUT2D eigenvalue weighted by molar-refractivity contribution is 4.80. The van der Waals surface area contributed by atoms with E-state index in [9.17, 15) is 0 Å². The first-order chi connectivity index (χ1) is 6.11. The van der Waals surface area contributed by atoms with E-state index in [4.69, 9.17) is 0 Å². The van der Waals surface area contributed by atoms with Gasteiger partial charge in [0.15, 0.2) is 0 Å². The zero-order valence-electron chi connectivity index (χ0n) is 9.91. The van der Waals surface area contributed by atoms with Crippen molar-refractivity contribution in [2.24, 2.45) is 5.41 Å². The summed E-state index contributed by atoms with van der Waals surface area (Å²) < 4.78 is 0. The van der Waals surface area contributed by atoms with Crippen LogP contribution in [0.25, 0.3) is 0 Å². The van der Waals surface area contributed by atoms with E-state index >= 15 is 0 Å². The molecule has 0 radical (unpaired) electrons. The number of hydrogen-bond acceptors (Lipinski definition) is 2. The third-order valence-corrected chi connectivity index (χ3v) is 2.37. The normalized spacial score (nSPS) is 24.2. The highest BCUT2D eigenvalue weighted by Crippen LogP contribution is 2.23. The molecule has 80 valence electrons. The van der Waals surface area contributed by atoms with Crippen molar-refractivity contribution in [2.45, 2.75) is 59.9 Å². The van der Waals surface area contributed by atoms with Gasteiger partial charge in [-0.25, -0.2) is 0 Å². The topological polar surface area (TPSA) is 24.1 Å². The molecule has 1 heterocycles. The molecule has 1 aliphatic rings. The minimum atomic E-state index is 0.386. The maximum absolute atomic E-state index is 3.37. The molecule has 0 aromatic heterocycles. The zero-order chi connectivity index (χ0) is 10.3. The van der Waals surface area contributed by atoms with Crippen molar-refractivity contribution in [3.8, 4) is 0 Å². The molecule has 0 bridgehead atoms. The Morgan fingerprint density at radius 1 is 1.08 bits per heavy atom. The monoisotopic (exact) mass is 186 g/mol. The number of hydrogen-bond donors (Lipinski definition) is 2. The van der Waals surface area contributed by atoms with E-state index in [0.717, 1.165) is 6.54 Å². The molecule has 13 heavy (non-hydrogen) atoms. The average molecular weight is 186 g/mol. The van der Waals surface area contributed by atoms with Crippen LogP contribution in [0.5, 0.6) is 0 Å². The standard InChI is InChI=1S/C9H20N2.C2H6/c1-9(2,3)8-6-4-5-7-10-11-8;1-2/h8,10-11H,4-7H2,1-3H3;1-2H3. The fraction of sp³-hybridized carbons (Fsp3) is 1.00. The van der Waals surface area contributed by atoms with Gasteiger partial charge in [-0.1, -0.05) is 41.0 Å². The summed E-state index contributed by atoms with van der Waals surface area (Å²) in [6, 6.07) is 0.630. The molecule has 0 amide bonds. The van der Waals surface area contributed by atoms with Crippen molar-refractivity contribution in [3.05, 3.63) is 0 Å². The maximum atomic E-state index is 3.37. The van der Waals surface area contributed by atoms with Crippen LogP contribution in [0.1, 0.15) is 53.9 Å². The quantitative estimate of drug-likeness (QED) is 0.608. The molecule has 1 rings (SSSR count). The zero-order valence-corrected chi connectivity index (χ0v) is 9.91. The Hall–Kier alpha value is -0.0800. The van der Waals surface area contributed by atoms with Gasteiger partial charge in [0.2, 0.25) is 0 Å². The molecule has 1 unspecified atom stereocenters. The van der Waals surface area contributed by atoms with Gasteiger partial charge in [-0.05, 0) is 18.3 Å². The smallest absolute Gasteiger partial charge is 0.0261 e. The number of rotatable bonds is 0. The second-order valence-corrected chi connectivity index (χ2v) is 4.49. The van der Waals surface area contributed by atoms with Crippen molar-refractivity contribution in [1.82, 2.24) is 10.9 Å². The van der Waals surface area contributed by atoms with Gasteiger partial charge in [0.05, 0.1) is 0 Å². The van der Waals surface area contributed by atoms with E-state index in [2.05, 4.69) is 31.6 Å². The predicted octanol–water partition coefficient (Wildman–Crippen LogP) is 2.71. The van der Waals surface area contributed by atoms with E-state index in [1.54, 1.807) is 0 Å². The largest absolute Gasteiger partial charge is 0.258 e. The summed E-state index contributed by atoms with van der Waals surface area (Å²) in [4.78, 5) is 0. The summed E-state index contributed by atoms with van der Waals surface area (Å²) >= 11 is 0. The van der Waals surface area contributed by atoms with Crippen LogP contribution in [0.15, 0.2) is 0 Å². The van der Waals surface area contributed by atoms with E-state index in [0.29, 0.717) is 11.5 Å². The van der Waals surface area contributed by atoms with Gasteiger partial charge in [-0.2, -0.15) is 0 Å². The van der Waals surface area contributed by atoms with Crippen molar-refractivity contribution in [3.63, 3.8) is 0 Å². The molecule has 0 aromatic carbocycles. The maximum Gasteiger partial charge on any atom is 0.0261 e. The summed E-state index contributed by atoms with van der Waals surface area (Å²) in [5, 5.41) is 0. The summed E-state index contributed by atoms with van der Waals surface area (Å²) in [6.07, 6.45) is 3.96. The van der Waals surface area contributed by atoms with Crippen molar-refractivity contribution in [1.29, 1.82) is 0 Å². The molecule has 1 fully saturated rings. The molecule has 1 saturated heterocycles. The molecule has 2 heteroatoms. The van der Waals surface area contributed by atoms with Crippen molar-refractivity contribution >= 4 is 0 Å². The second kappa shape index (κ2) is 6.39. The van der Waals surface area contributed by atoms with Crippen LogP contribution >= 0.6 is 0 Å². The molecule has 0 spiro atoms. The first kappa shape index (κ1) is 12.9. The SMILES string of the molecule is CC.CC(C)(C)C1CCCCNN1. The van der Waals surface area contributed by atoms with Gasteiger partial charge in [0.25, 0.3) is 0 Å². The van der Waals surface area contributed by atoms with Gasteiger partial charge < -0.3 is 0 Å². The predicted molar refractivity (Wildman–Crippen MR) is 59.6 cm³/mol. The molecular weight excluding hydrogens is 160 g/mol. The summed E-state index contributed by atoms with van der Waals surface area (Å²) in [5.41, 5.74) is 7.01. The summed E-state index contributed by atoms with van der Waals surface area (Å²) in [5.74, 6) is 0. The lowest BCUT2D eigenvalue weighted by atomic mass is 9.84. The third-order valence-electron chi connectivity index (χ3n) is 2.37. The van der Waals surface area contributed by atoms with Crippen LogP contribution in [-0.2, 0) is 0 Å². The van der Waals surface area contributed by atoms with Gasteiger partial charge in [-0.3, -0.25) is 10.9 Å². The van der Waals surface area contributed by atoms with Gasteiger partial charge in [0.1, 0.15) is 0 Å². The lowest BCUT2D eigenvalue weighted by molar-refractivity contribution is 0.243. The second-order valence-electron chi connectivity index (χ2n) is 4.49. The Balaban J connectivity index is 0.000000671. The lowest BCUT2D eigenvalue weighted by Crippen LogP contribution is -2.46. The fourth-order valence-electron chi connectivity index (χ4n) is 1.48. The first-order valence-corrected chi connectivity index (χ1v) is 5.59. The van der Waals surface area contributed by atoms with E-state index in [1.165, 1.54) is 19.3 Å². The summed E-state index contributed by atoms with van der Waals surface area (Å²) in [6.45, 7) is 12.0. The fourth-order valence-corrected chi connectivity index (χ4v) is 1.48. The molecule has 1 aliphatic heterocycles. The Labute approximate surface area is 83.5 Å². The Bertz CT molecular complexity index is 108. The lowest BCUT2D eigenvalue weighted by Gasteiger charge is -2.30. The van der Waals surface area contributed by atoms with E-state index in [1.807, 2.05) is 13.8 Å². The number of nitrogens with one attached hydrogen (secondary N) is 2. The Kier molecular flexibility index (Phi) is 6.35. The molecule has 0 aromatic rings. The molecule has 1 atom stereocenters. The summed E-state index contributed by atoms with van der Waals surface area (Å²) in [7, 11) is 0. The van der Waals surface area contributed by atoms with Crippen molar-refractivity contribution in [2.75, 3.05) is 6.54 Å².